The number of anilines is 2. The van der Waals surface area contributed by atoms with Gasteiger partial charge in [-0.25, -0.2) is 4.98 Å². The summed E-state index contributed by atoms with van der Waals surface area (Å²) in [7, 11) is 0. The topological polar surface area (TPSA) is 120 Å². The normalized spacial score (nSPS) is 15.1. The number of hydrogen-bond donors (Lipinski definition) is 3. The van der Waals surface area contributed by atoms with E-state index in [2.05, 4.69) is 25.6 Å². The van der Waals surface area contributed by atoms with E-state index in [0.717, 1.165) is 5.56 Å². The molecule has 2 aromatic carbocycles. The van der Waals surface area contributed by atoms with Crippen LogP contribution in [0.2, 0.25) is 5.02 Å². The molecule has 0 fully saturated rings. The molecule has 3 heterocycles. The van der Waals surface area contributed by atoms with E-state index in [-0.39, 0.29) is 36.4 Å². The summed E-state index contributed by atoms with van der Waals surface area (Å²) in [5, 5.41) is 6.05. The van der Waals surface area contributed by atoms with Crippen molar-refractivity contribution in [3.63, 3.8) is 0 Å². The van der Waals surface area contributed by atoms with Gasteiger partial charge in [0.25, 0.3) is 11.8 Å². The van der Waals surface area contributed by atoms with E-state index < -0.39 is 6.04 Å². The summed E-state index contributed by atoms with van der Waals surface area (Å²) in [6.07, 6.45) is 4.84. The van der Waals surface area contributed by atoms with E-state index in [1.807, 2.05) is 12.1 Å². The highest BCUT2D eigenvalue weighted by atomic mass is 35.5. The van der Waals surface area contributed by atoms with Gasteiger partial charge >= 0.3 is 0 Å². The van der Waals surface area contributed by atoms with Crippen LogP contribution in [0.5, 0.6) is 0 Å². The van der Waals surface area contributed by atoms with Crippen molar-refractivity contribution >= 4 is 40.7 Å². The fourth-order valence-electron chi connectivity index (χ4n) is 4.03. The first-order chi connectivity index (χ1) is 17.5. The fourth-order valence-corrected chi connectivity index (χ4v) is 4.20. The number of fused-ring (bicyclic) bond motifs is 1. The van der Waals surface area contributed by atoms with Gasteiger partial charge in [-0.2, -0.15) is 0 Å². The average Bonchev–Trinajstić information content (AvgIpc) is 3.40. The zero-order valence-electron chi connectivity index (χ0n) is 18.9. The summed E-state index contributed by atoms with van der Waals surface area (Å²) in [4.78, 5) is 51.7. The molecular formula is C26H21ClN6O3. The van der Waals surface area contributed by atoms with Gasteiger partial charge in [-0.1, -0.05) is 29.8 Å². The summed E-state index contributed by atoms with van der Waals surface area (Å²) in [5.74, 6) is -0.955. The molecule has 0 saturated heterocycles. The lowest BCUT2D eigenvalue weighted by molar-refractivity contribution is -0.120. The van der Waals surface area contributed by atoms with Crippen molar-refractivity contribution in [2.75, 3.05) is 10.6 Å². The number of nitrogens with zero attached hydrogens (tertiary/aromatic N) is 3. The predicted octanol–water partition coefficient (Wildman–Crippen LogP) is 3.92. The van der Waals surface area contributed by atoms with Gasteiger partial charge in [0.2, 0.25) is 5.91 Å². The van der Waals surface area contributed by atoms with Gasteiger partial charge in [-0.3, -0.25) is 19.4 Å². The zero-order valence-corrected chi connectivity index (χ0v) is 19.7. The molecule has 0 saturated carbocycles. The van der Waals surface area contributed by atoms with Crippen molar-refractivity contribution < 1.29 is 14.4 Å². The number of halogens is 1. The van der Waals surface area contributed by atoms with Crippen molar-refractivity contribution in [1.29, 1.82) is 0 Å². The number of hydrogen-bond acceptors (Lipinski definition) is 5. The molecule has 3 amide bonds. The number of pyridine rings is 1. The van der Waals surface area contributed by atoms with E-state index in [1.54, 1.807) is 59.6 Å². The average molecular weight is 501 g/mol. The molecule has 4 aromatic rings. The molecule has 36 heavy (non-hydrogen) atoms. The number of carbonyl (C=O) groups is 3. The second kappa shape index (κ2) is 10.0. The molecule has 9 nitrogen and oxygen atoms in total. The number of H-pyrrole nitrogens is 1. The smallest absolute Gasteiger partial charge is 0.275 e. The van der Waals surface area contributed by atoms with Crippen LogP contribution in [0, 0.1) is 0 Å². The molecule has 180 valence electrons. The molecule has 0 radical (unpaired) electrons. The number of imidazole rings is 1. The van der Waals surface area contributed by atoms with E-state index in [0.29, 0.717) is 27.7 Å². The van der Waals surface area contributed by atoms with Crippen LogP contribution in [-0.2, 0) is 17.8 Å². The lowest BCUT2D eigenvalue weighted by atomic mass is 10.1. The third kappa shape index (κ3) is 4.96. The highest BCUT2D eigenvalue weighted by Crippen LogP contribution is 2.29. The van der Waals surface area contributed by atoms with E-state index >= 15 is 0 Å². The molecule has 1 aliphatic heterocycles. The largest absolute Gasteiger partial charge is 0.350 e. The monoisotopic (exact) mass is 500 g/mol. The summed E-state index contributed by atoms with van der Waals surface area (Å²) >= 11 is 6.12. The number of aromatic amines is 1. The number of rotatable bonds is 6. The minimum Gasteiger partial charge on any atom is -0.350 e. The molecule has 0 unspecified atom stereocenters. The maximum atomic E-state index is 13.6. The Kier molecular flexibility index (Phi) is 6.46. The Morgan fingerprint density at radius 1 is 1.06 bits per heavy atom. The molecule has 10 heteroatoms. The molecule has 0 bridgehead atoms. The Balaban J connectivity index is 1.42. The first kappa shape index (κ1) is 23.3. The lowest BCUT2D eigenvalue weighted by Crippen LogP contribution is -2.46. The second-order valence-corrected chi connectivity index (χ2v) is 8.70. The van der Waals surface area contributed by atoms with Gasteiger partial charge in [-0.15, -0.1) is 0 Å². The van der Waals surface area contributed by atoms with Crippen molar-refractivity contribution in [3.8, 4) is 0 Å². The maximum Gasteiger partial charge on any atom is 0.275 e. The number of aromatic nitrogens is 3. The maximum absolute atomic E-state index is 13.6. The molecule has 0 spiro atoms. The zero-order chi connectivity index (χ0) is 25.1. The molecule has 1 atom stereocenters. The van der Waals surface area contributed by atoms with Crippen LogP contribution in [0.1, 0.15) is 32.1 Å². The SMILES string of the molecule is O=C(Nc1ccc(CN2C(=O)c3ccc(Cl)cc3NC(=O)[C@H]2Cc2ccccn2)cc1)c1c[nH]cn1. The van der Waals surface area contributed by atoms with Gasteiger partial charge in [0.05, 0.1) is 17.6 Å². The van der Waals surface area contributed by atoms with E-state index in [9.17, 15) is 14.4 Å². The highest BCUT2D eigenvalue weighted by Gasteiger charge is 2.35. The van der Waals surface area contributed by atoms with Crippen molar-refractivity contribution in [2.45, 2.75) is 19.0 Å². The quantitative estimate of drug-likeness (QED) is 0.370. The van der Waals surface area contributed by atoms with E-state index in [1.165, 1.54) is 12.5 Å². The number of benzene rings is 2. The van der Waals surface area contributed by atoms with Crippen LogP contribution in [0.3, 0.4) is 0 Å². The Morgan fingerprint density at radius 3 is 2.61 bits per heavy atom. The Bertz CT molecular complexity index is 1410. The highest BCUT2D eigenvalue weighted by molar-refractivity contribution is 6.31. The standard InChI is InChI=1S/C26H21ClN6O3/c27-17-6-9-20-21(11-17)32-25(35)23(12-19-3-1-2-10-29-19)33(26(20)36)14-16-4-7-18(8-5-16)31-24(34)22-13-28-15-30-22/h1-11,13,15,23H,12,14H2,(H,28,30)(H,31,34)(H,32,35)/t23-/m1/s1. The third-order valence-electron chi connectivity index (χ3n) is 5.83. The second-order valence-electron chi connectivity index (χ2n) is 8.26. The number of amides is 3. The van der Waals surface area contributed by atoms with Crippen LogP contribution in [0.25, 0.3) is 0 Å². The van der Waals surface area contributed by atoms with E-state index in [4.69, 9.17) is 11.6 Å². The summed E-state index contributed by atoms with van der Waals surface area (Å²) < 4.78 is 0. The number of carbonyl (C=O) groups excluding carboxylic acids is 3. The van der Waals surface area contributed by atoms with Crippen LogP contribution in [0.4, 0.5) is 11.4 Å². The van der Waals surface area contributed by atoms with Crippen molar-refractivity contribution in [2.24, 2.45) is 0 Å². The van der Waals surface area contributed by atoms with Crippen LogP contribution >= 0.6 is 11.6 Å². The molecule has 5 rings (SSSR count). The van der Waals surface area contributed by atoms with Crippen LogP contribution in [0.15, 0.2) is 79.4 Å². The van der Waals surface area contributed by atoms with Crippen molar-refractivity contribution in [3.05, 3.63) is 107 Å². The van der Waals surface area contributed by atoms with Gasteiger partial charge in [0.15, 0.2) is 0 Å². The number of nitrogens with one attached hydrogen (secondary N) is 3. The Morgan fingerprint density at radius 2 is 1.89 bits per heavy atom. The summed E-state index contributed by atoms with van der Waals surface area (Å²) in [5.41, 5.74) is 3.07. The molecule has 1 aliphatic rings. The fraction of sp³-hybridized carbons (Fsp3) is 0.115. The van der Waals surface area contributed by atoms with Crippen LogP contribution in [-0.4, -0.2) is 43.6 Å². The van der Waals surface area contributed by atoms with Crippen LogP contribution < -0.4 is 10.6 Å². The minimum atomic E-state index is -0.794. The predicted molar refractivity (Wildman–Crippen MR) is 135 cm³/mol. The minimum absolute atomic E-state index is 0.180. The first-order valence-electron chi connectivity index (χ1n) is 11.2. The van der Waals surface area contributed by atoms with Gasteiger partial charge in [-0.05, 0) is 48.0 Å². The molecule has 0 aliphatic carbocycles. The third-order valence-corrected chi connectivity index (χ3v) is 6.07. The summed E-state index contributed by atoms with van der Waals surface area (Å²) in [6.45, 7) is 0.180. The lowest BCUT2D eigenvalue weighted by Gasteiger charge is -2.28. The Hall–Kier alpha value is -4.50. The molecule has 2 aromatic heterocycles. The van der Waals surface area contributed by atoms with Gasteiger partial charge in [0, 0.05) is 41.8 Å². The molecule has 3 N–H and O–H groups in total. The first-order valence-corrected chi connectivity index (χ1v) is 11.6. The van der Waals surface area contributed by atoms with Gasteiger partial charge < -0.3 is 20.5 Å². The molecular weight excluding hydrogens is 480 g/mol. The Labute approximate surface area is 211 Å². The summed E-state index contributed by atoms with van der Waals surface area (Å²) in [6, 6.07) is 16.6. The van der Waals surface area contributed by atoms with Crippen molar-refractivity contribution in [1.82, 2.24) is 19.9 Å². The van der Waals surface area contributed by atoms with Gasteiger partial charge in [0.1, 0.15) is 11.7 Å².